The average molecular weight is 499 g/mol. The monoisotopic (exact) mass is 498 g/mol. The minimum atomic E-state index is -0.808. The highest BCUT2D eigenvalue weighted by Gasteiger charge is 2.51. The number of likely N-dealkylation sites (tertiary alicyclic amines) is 1. The van der Waals surface area contributed by atoms with Gasteiger partial charge in [0.15, 0.2) is 0 Å². The van der Waals surface area contributed by atoms with Gasteiger partial charge in [0, 0.05) is 32.1 Å². The summed E-state index contributed by atoms with van der Waals surface area (Å²) in [6, 6.07) is 26.6. The van der Waals surface area contributed by atoms with E-state index in [2.05, 4.69) is 48.2 Å². The molecule has 2 aliphatic rings. The molecule has 5 nitrogen and oxygen atoms in total. The van der Waals surface area contributed by atoms with Crippen LogP contribution in [0.4, 0.5) is 0 Å². The molecular weight excluding hydrogens is 460 g/mol. The van der Waals surface area contributed by atoms with Crippen molar-refractivity contribution >= 4 is 5.91 Å². The first-order chi connectivity index (χ1) is 17.8. The summed E-state index contributed by atoms with van der Waals surface area (Å²) in [5, 5.41) is 11.6. The van der Waals surface area contributed by atoms with Gasteiger partial charge in [-0.15, -0.1) is 0 Å². The molecule has 1 fully saturated rings. The van der Waals surface area contributed by atoms with Gasteiger partial charge in [-0.3, -0.25) is 9.69 Å². The molecule has 0 spiro atoms. The molecule has 5 rings (SSSR count). The maximum Gasteiger partial charge on any atom is 0.237 e. The van der Waals surface area contributed by atoms with E-state index in [0.29, 0.717) is 13.0 Å². The van der Waals surface area contributed by atoms with Crippen molar-refractivity contribution in [3.05, 3.63) is 101 Å². The third-order valence-electron chi connectivity index (χ3n) is 8.84. The van der Waals surface area contributed by atoms with Gasteiger partial charge in [0.1, 0.15) is 11.2 Å². The maximum atomic E-state index is 14.0. The summed E-state index contributed by atoms with van der Waals surface area (Å²) in [7, 11) is 5.37. The molecule has 3 aromatic rings. The zero-order chi connectivity index (χ0) is 26.2. The SMILES string of the molecule is COc1ccc2c(c1)[C@]1(C)CCN(CCC(C(=O)N(C)C)(c3ccccc3)c3ccccc3)C(C2)[C@H]1O. The highest BCUT2D eigenvalue weighted by molar-refractivity contribution is 5.92. The Morgan fingerprint density at radius 1 is 1.05 bits per heavy atom. The predicted octanol–water partition coefficient (Wildman–Crippen LogP) is 4.41. The van der Waals surface area contributed by atoms with Crippen molar-refractivity contribution in [3.8, 4) is 5.75 Å². The molecule has 1 N–H and O–H groups in total. The lowest BCUT2D eigenvalue weighted by molar-refractivity contribution is -0.134. The minimum absolute atomic E-state index is 0.0124. The van der Waals surface area contributed by atoms with Crippen LogP contribution in [0.1, 0.15) is 42.0 Å². The Morgan fingerprint density at radius 3 is 2.24 bits per heavy atom. The molecule has 3 aromatic carbocycles. The lowest BCUT2D eigenvalue weighted by atomic mass is 9.62. The molecule has 1 heterocycles. The van der Waals surface area contributed by atoms with Crippen LogP contribution in [0.5, 0.6) is 5.75 Å². The van der Waals surface area contributed by atoms with E-state index < -0.39 is 11.5 Å². The zero-order valence-corrected chi connectivity index (χ0v) is 22.4. The Kier molecular flexibility index (Phi) is 6.86. The Morgan fingerprint density at radius 2 is 1.68 bits per heavy atom. The Balaban J connectivity index is 1.50. The molecule has 1 aliphatic carbocycles. The van der Waals surface area contributed by atoms with Crippen LogP contribution >= 0.6 is 0 Å². The number of ether oxygens (including phenoxy) is 1. The van der Waals surface area contributed by atoms with E-state index in [-0.39, 0.29) is 17.4 Å². The molecule has 5 heteroatoms. The number of aliphatic hydroxyl groups excluding tert-OH is 1. The zero-order valence-electron chi connectivity index (χ0n) is 22.4. The summed E-state index contributed by atoms with van der Waals surface area (Å²) < 4.78 is 5.49. The fraction of sp³-hybridized carbons (Fsp3) is 0.406. The maximum absolute atomic E-state index is 14.0. The normalized spacial score (nSPS) is 23.3. The van der Waals surface area contributed by atoms with E-state index in [1.54, 1.807) is 12.0 Å². The lowest BCUT2D eigenvalue weighted by Crippen LogP contribution is -2.62. The Labute approximate surface area is 220 Å². The summed E-state index contributed by atoms with van der Waals surface area (Å²) in [5.74, 6) is 0.916. The van der Waals surface area contributed by atoms with Gasteiger partial charge in [-0.1, -0.05) is 73.7 Å². The van der Waals surface area contributed by atoms with Crippen molar-refractivity contribution in [2.45, 2.75) is 49.2 Å². The fourth-order valence-corrected chi connectivity index (χ4v) is 6.69. The smallest absolute Gasteiger partial charge is 0.237 e. The number of carbonyl (C=O) groups excluding carboxylic acids is 1. The van der Waals surface area contributed by atoms with Crippen LogP contribution in [0.15, 0.2) is 78.9 Å². The second kappa shape index (κ2) is 9.96. The Hall–Kier alpha value is -3.15. The first kappa shape index (κ1) is 25.5. The quantitative estimate of drug-likeness (QED) is 0.524. The number of piperidine rings is 1. The van der Waals surface area contributed by atoms with Gasteiger partial charge in [0.05, 0.1) is 13.2 Å². The number of fused-ring (bicyclic) bond motifs is 4. The molecular formula is C32H38N2O3. The summed E-state index contributed by atoms with van der Waals surface area (Å²) in [6.45, 7) is 3.78. The minimum Gasteiger partial charge on any atom is -0.497 e. The van der Waals surface area contributed by atoms with E-state index in [1.165, 1.54) is 11.1 Å². The van der Waals surface area contributed by atoms with Crippen LogP contribution in [0, 0.1) is 0 Å². The van der Waals surface area contributed by atoms with E-state index in [9.17, 15) is 9.90 Å². The molecule has 0 saturated carbocycles. The van der Waals surface area contributed by atoms with Gasteiger partial charge in [0.2, 0.25) is 5.91 Å². The topological polar surface area (TPSA) is 53.0 Å². The molecule has 1 amide bonds. The van der Waals surface area contributed by atoms with Gasteiger partial charge in [-0.2, -0.15) is 0 Å². The third-order valence-corrected chi connectivity index (χ3v) is 8.84. The number of amides is 1. The first-order valence-electron chi connectivity index (χ1n) is 13.2. The lowest BCUT2D eigenvalue weighted by Gasteiger charge is -2.54. The van der Waals surface area contributed by atoms with Crippen molar-refractivity contribution in [3.63, 3.8) is 0 Å². The number of benzene rings is 3. The number of nitrogens with zero attached hydrogens (tertiary/aromatic N) is 2. The number of hydrogen-bond acceptors (Lipinski definition) is 4. The van der Waals surface area contributed by atoms with Gasteiger partial charge < -0.3 is 14.7 Å². The van der Waals surface area contributed by atoms with Crippen molar-refractivity contribution in [2.24, 2.45) is 0 Å². The largest absolute Gasteiger partial charge is 0.497 e. The van der Waals surface area contributed by atoms with E-state index >= 15 is 0 Å². The van der Waals surface area contributed by atoms with Crippen LogP contribution in [-0.2, 0) is 22.0 Å². The summed E-state index contributed by atoms with van der Waals surface area (Å²) in [6.07, 6.45) is 1.80. The molecule has 2 bridgehead atoms. The third kappa shape index (κ3) is 4.24. The van der Waals surface area contributed by atoms with Crippen LogP contribution in [0.3, 0.4) is 0 Å². The standard InChI is InChI=1S/C32H38N2O3/c1-31-17-19-34(28(29(31)35)21-23-15-16-26(37-4)22-27(23)31)20-18-32(30(36)33(2)3,24-11-7-5-8-12-24)25-13-9-6-10-14-25/h5-16,22,28-29,35H,17-21H2,1-4H3/t28?,29-,31+/m1/s1. The molecule has 194 valence electrons. The van der Waals surface area contributed by atoms with Gasteiger partial charge in [0.25, 0.3) is 0 Å². The van der Waals surface area contributed by atoms with Crippen molar-refractivity contribution in [1.82, 2.24) is 9.80 Å². The molecule has 0 radical (unpaired) electrons. The Bertz CT molecular complexity index is 1200. The van der Waals surface area contributed by atoms with E-state index in [4.69, 9.17) is 4.74 Å². The molecule has 1 aliphatic heterocycles. The van der Waals surface area contributed by atoms with Crippen molar-refractivity contribution in [1.29, 1.82) is 0 Å². The predicted molar refractivity (Wildman–Crippen MR) is 147 cm³/mol. The number of hydrogen-bond donors (Lipinski definition) is 1. The van der Waals surface area contributed by atoms with Gasteiger partial charge in [-0.25, -0.2) is 0 Å². The van der Waals surface area contributed by atoms with Gasteiger partial charge >= 0.3 is 0 Å². The highest BCUT2D eigenvalue weighted by atomic mass is 16.5. The highest BCUT2D eigenvalue weighted by Crippen LogP contribution is 2.47. The fourth-order valence-electron chi connectivity index (χ4n) is 6.69. The molecule has 3 atom stereocenters. The average Bonchev–Trinajstić information content (AvgIpc) is 2.93. The molecule has 1 saturated heterocycles. The molecule has 1 unspecified atom stereocenters. The number of methoxy groups -OCH3 is 1. The summed E-state index contributed by atoms with van der Waals surface area (Å²) in [4.78, 5) is 18.2. The van der Waals surface area contributed by atoms with Crippen molar-refractivity contribution in [2.75, 3.05) is 34.3 Å². The first-order valence-corrected chi connectivity index (χ1v) is 13.2. The second-order valence-electron chi connectivity index (χ2n) is 11.0. The number of carbonyl (C=O) groups is 1. The second-order valence-corrected chi connectivity index (χ2v) is 11.0. The number of rotatable bonds is 7. The summed E-state index contributed by atoms with van der Waals surface area (Å²) >= 11 is 0. The van der Waals surface area contributed by atoms with Gasteiger partial charge in [-0.05, 0) is 60.2 Å². The van der Waals surface area contributed by atoms with Crippen LogP contribution in [0.2, 0.25) is 0 Å². The van der Waals surface area contributed by atoms with Crippen LogP contribution < -0.4 is 4.74 Å². The summed E-state index contributed by atoms with van der Waals surface area (Å²) in [5.41, 5.74) is 3.38. The molecule has 0 aromatic heterocycles. The number of likely N-dealkylation sites (N-methyl/N-ethyl adjacent to an activating group) is 1. The molecule has 37 heavy (non-hydrogen) atoms. The van der Waals surface area contributed by atoms with Crippen molar-refractivity contribution < 1.29 is 14.6 Å². The van der Waals surface area contributed by atoms with E-state index in [1.807, 2.05) is 56.6 Å². The van der Waals surface area contributed by atoms with E-state index in [0.717, 1.165) is 36.3 Å². The number of aliphatic hydroxyl groups is 1. The van der Waals surface area contributed by atoms with Crippen LogP contribution in [0.25, 0.3) is 0 Å². The van der Waals surface area contributed by atoms with Crippen LogP contribution in [-0.4, -0.2) is 67.3 Å².